The molecule has 0 aromatic carbocycles. The molecule has 2 fully saturated rings. The number of hydrogen-bond acceptors (Lipinski definition) is 4. The number of rotatable bonds is 7. The lowest BCUT2D eigenvalue weighted by molar-refractivity contribution is -0.127. The average Bonchev–Trinajstić information content (AvgIpc) is 2.45. The van der Waals surface area contributed by atoms with Gasteiger partial charge in [0.05, 0.1) is 18.8 Å². The van der Waals surface area contributed by atoms with Gasteiger partial charge in [0.25, 0.3) is 0 Å². The summed E-state index contributed by atoms with van der Waals surface area (Å²) in [6.07, 6.45) is 5.08. The van der Waals surface area contributed by atoms with Crippen molar-refractivity contribution in [3.63, 3.8) is 0 Å². The predicted molar refractivity (Wildman–Crippen MR) is 90.5 cm³/mol. The van der Waals surface area contributed by atoms with Crippen LogP contribution in [0.15, 0.2) is 0 Å². The Morgan fingerprint density at radius 2 is 1.96 bits per heavy atom. The molecule has 1 saturated heterocycles. The third-order valence-corrected chi connectivity index (χ3v) is 4.77. The van der Waals surface area contributed by atoms with Crippen LogP contribution in [-0.4, -0.2) is 54.5 Å². The molecule has 4 N–H and O–H groups in total. The topological polar surface area (TPSA) is 99.7 Å². The number of aliphatic hydroxyl groups is 1. The van der Waals surface area contributed by atoms with Gasteiger partial charge in [0.1, 0.15) is 6.10 Å². The maximum atomic E-state index is 11.8. The van der Waals surface area contributed by atoms with Gasteiger partial charge in [0, 0.05) is 18.5 Å². The van der Waals surface area contributed by atoms with Crippen LogP contribution in [0, 0.1) is 5.92 Å². The fraction of sp³-hybridized carbons (Fsp3) is 0.882. The van der Waals surface area contributed by atoms with Gasteiger partial charge in [-0.25, -0.2) is 4.79 Å². The lowest BCUT2D eigenvalue weighted by Crippen LogP contribution is -2.54. The molecule has 2 aliphatic rings. The maximum absolute atomic E-state index is 11.8. The summed E-state index contributed by atoms with van der Waals surface area (Å²) in [6.45, 7) is 4.27. The zero-order chi connectivity index (χ0) is 17.5. The Morgan fingerprint density at radius 3 is 2.54 bits per heavy atom. The third-order valence-electron chi connectivity index (χ3n) is 4.77. The molecule has 0 bridgehead atoms. The van der Waals surface area contributed by atoms with Crippen molar-refractivity contribution in [2.45, 2.75) is 76.7 Å². The highest BCUT2D eigenvalue weighted by molar-refractivity contribution is 5.79. The lowest BCUT2D eigenvalue weighted by Gasteiger charge is -2.36. The molecule has 0 unspecified atom stereocenters. The van der Waals surface area contributed by atoms with Gasteiger partial charge in [-0.2, -0.15) is 0 Å². The van der Waals surface area contributed by atoms with Crippen LogP contribution in [0.2, 0.25) is 0 Å². The van der Waals surface area contributed by atoms with Gasteiger partial charge in [-0.3, -0.25) is 4.79 Å². The van der Waals surface area contributed by atoms with Gasteiger partial charge in [-0.15, -0.1) is 0 Å². The molecule has 1 saturated carbocycles. The quantitative estimate of drug-likeness (QED) is 0.553. The normalized spacial score (nSPS) is 27.4. The van der Waals surface area contributed by atoms with E-state index in [1.165, 1.54) is 0 Å². The van der Waals surface area contributed by atoms with E-state index in [9.17, 15) is 14.7 Å². The third kappa shape index (κ3) is 5.63. The molecular formula is C17H31N3O4. The second-order valence-corrected chi connectivity index (χ2v) is 7.14. The van der Waals surface area contributed by atoms with E-state index in [0.717, 1.165) is 38.5 Å². The SMILES string of the molecule is CC(C)NC(=O)N[C@H]1CC[C@H](CCNC(=O)C2CCC2)O[C@H]1CO. The molecule has 3 amide bonds. The molecule has 0 aromatic heterocycles. The van der Waals surface area contributed by atoms with Crippen LogP contribution in [0.5, 0.6) is 0 Å². The molecule has 0 radical (unpaired) electrons. The molecule has 7 nitrogen and oxygen atoms in total. The van der Waals surface area contributed by atoms with E-state index in [-0.39, 0.29) is 42.7 Å². The minimum absolute atomic E-state index is 0.00931. The first-order valence-corrected chi connectivity index (χ1v) is 9.10. The van der Waals surface area contributed by atoms with E-state index >= 15 is 0 Å². The van der Waals surface area contributed by atoms with Crippen LogP contribution in [0.25, 0.3) is 0 Å². The Hall–Kier alpha value is -1.34. The van der Waals surface area contributed by atoms with E-state index in [2.05, 4.69) is 16.0 Å². The number of carbonyl (C=O) groups is 2. The highest BCUT2D eigenvalue weighted by atomic mass is 16.5. The minimum atomic E-state index is -0.399. The standard InChI is InChI=1S/C17H31N3O4/c1-11(2)19-17(23)20-14-7-6-13(24-15(14)10-21)8-9-18-16(22)12-4-3-5-12/h11-15,21H,3-10H2,1-2H3,(H,18,22)(H2,19,20,23)/t13-,14+,15+/m1/s1. The highest BCUT2D eigenvalue weighted by Gasteiger charge is 2.32. The molecule has 3 atom stereocenters. The summed E-state index contributed by atoms with van der Waals surface area (Å²) in [4.78, 5) is 23.6. The summed E-state index contributed by atoms with van der Waals surface area (Å²) in [5.74, 6) is 0.358. The van der Waals surface area contributed by atoms with E-state index in [1.807, 2.05) is 13.8 Å². The van der Waals surface area contributed by atoms with Gasteiger partial charge >= 0.3 is 6.03 Å². The van der Waals surface area contributed by atoms with E-state index < -0.39 is 6.10 Å². The van der Waals surface area contributed by atoms with Crippen LogP contribution in [0.1, 0.15) is 52.4 Å². The van der Waals surface area contributed by atoms with E-state index in [1.54, 1.807) is 0 Å². The summed E-state index contributed by atoms with van der Waals surface area (Å²) in [5.41, 5.74) is 0. The van der Waals surface area contributed by atoms with Crippen molar-refractivity contribution in [1.29, 1.82) is 0 Å². The van der Waals surface area contributed by atoms with E-state index in [4.69, 9.17) is 4.74 Å². The summed E-state index contributed by atoms with van der Waals surface area (Å²) in [7, 11) is 0. The van der Waals surface area contributed by atoms with Crippen LogP contribution < -0.4 is 16.0 Å². The first-order chi connectivity index (χ1) is 11.5. The Labute approximate surface area is 143 Å². The fourth-order valence-electron chi connectivity index (χ4n) is 3.15. The Kier molecular flexibility index (Phi) is 7.30. The monoisotopic (exact) mass is 341 g/mol. The van der Waals surface area contributed by atoms with Crippen LogP contribution >= 0.6 is 0 Å². The number of hydrogen-bond donors (Lipinski definition) is 4. The summed E-state index contributed by atoms with van der Waals surface area (Å²) < 4.78 is 5.89. The van der Waals surface area contributed by atoms with Gasteiger partial charge in [-0.05, 0) is 46.0 Å². The molecule has 0 spiro atoms. The highest BCUT2D eigenvalue weighted by Crippen LogP contribution is 2.26. The number of carbonyl (C=O) groups excluding carboxylic acids is 2. The van der Waals surface area contributed by atoms with Crippen molar-refractivity contribution in [3.8, 4) is 0 Å². The van der Waals surface area contributed by atoms with Crippen LogP contribution in [0.3, 0.4) is 0 Å². The molecule has 1 aliphatic carbocycles. The molecule has 138 valence electrons. The van der Waals surface area contributed by atoms with Crippen molar-refractivity contribution < 1.29 is 19.4 Å². The molecule has 0 aromatic rings. The number of aliphatic hydroxyl groups excluding tert-OH is 1. The van der Waals surface area contributed by atoms with Crippen molar-refractivity contribution >= 4 is 11.9 Å². The van der Waals surface area contributed by atoms with Gasteiger partial charge in [-0.1, -0.05) is 6.42 Å². The molecule has 1 heterocycles. The second kappa shape index (κ2) is 9.22. The Balaban J connectivity index is 1.69. The Morgan fingerprint density at radius 1 is 1.21 bits per heavy atom. The maximum Gasteiger partial charge on any atom is 0.315 e. The fourth-order valence-corrected chi connectivity index (χ4v) is 3.15. The molecule has 7 heteroatoms. The number of nitrogens with one attached hydrogen (secondary N) is 3. The summed E-state index contributed by atoms with van der Waals surface area (Å²) in [5, 5.41) is 18.2. The number of amides is 3. The lowest BCUT2D eigenvalue weighted by atomic mass is 9.85. The number of urea groups is 1. The zero-order valence-corrected chi connectivity index (χ0v) is 14.7. The first-order valence-electron chi connectivity index (χ1n) is 9.10. The van der Waals surface area contributed by atoms with E-state index in [0.29, 0.717) is 6.54 Å². The van der Waals surface area contributed by atoms with Crippen LogP contribution in [0.4, 0.5) is 4.79 Å². The van der Waals surface area contributed by atoms with Crippen molar-refractivity contribution in [1.82, 2.24) is 16.0 Å². The van der Waals surface area contributed by atoms with Gasteiger partial charge < -0.3 is 25.8 Å². The van der Waals surface area contributed by atoms with Crippen LogP contribution in [-0.2, 0) is 9.53 Å². The van der Waals surface area contributed by atoms with Crippen molar-refractivity contribution in [3.05, 3.63) is 0 Å². The molecule has 24 heavy (non-hydrogen) atoms. The molecule has 2 rings (SSSR count). The van der Waals surface area contributed by atoms with Gasteiger partial charge in [0.15, 0.2) is 0 Å². The van der Waals surface area contributed by atoms with Crippen molar-refractivity contribution in [2.75, 3.05) is 13.2 Å². The smallest absolute Gasteiger partial charge is 0.315 e. The minimum Gasteiger partial charge on any atom is -0.394 e. The molecular weight excluding hydrogens is 310 g/mol. The summed E-state index contributed by atoms with van der Waals surface area (Å²) >= 11 is 0. The Bertz CT molecular complexity index is 426. The average molecular weight is 341 g/mol. The first kappa shape index (κ1) is 19.0. The van der Waals surface area contributed by atoms with Gasteiger partial charge in [0.2, 0.25) is 5.91 Å². The van der Waals surface area contributed by atoms with Crippen molar-refractivity contribution in [2.24, 2.45) is 5.92 Å². The largest absolute Gasteiger partial charge is 0.394 e. The molecule has 1 aliphatic heterocycles. The predicted octanol–water partition coefficient (Wildman–Crippen LogP) is 0.909. The summed E-state index contributed by atoms with van der Waals surface area (Å²) in [6, 6.07) is -0.355. The second-order valence-electron chi connectivity index (χ2n) is 7.14. The number of ether oxygens (including phenoxy) is 1. The zero-order valence-electron chi connectivity index (χ0n) is 14.7.